The Labute approximate surface area is 191 Å². The molecule has 0 bridgehead atoms. The van der Waals surface area contributed by atoms with Gasteiger partial charge < -0.3 is 15.0 Å². The smallest absolute Gasteiger partial charge is 0.410 e. The van der Waals surface area contributed by atoms with E-state index in [-0.39, 0.29) is 23.7 Å². The van der Waals surface area contributed by atoms with Gasteiger partial charge in [-0.25, -0.2) is 9.78 Å². The van der Waals surface area contributed by atoms with Gasteiger partial charge in [0.1, 0.15) is 5.60 Å². The lowest BCUT2D eigenvalue weighted by molar-refractivity contribution is 0.0199. The van der Waals surface area contributed by atoms with Gasteiger partial charge in [0.25, 0.3) is 5.91 Å². The molecule has 0 atom stereocenters. The van der Waals surface area contributed by atoms with Crippen LogP contribution >= 0.6 is 0 Å². The highest BCUT2D eigenvalue weighted by Gasteiger charge is 2.28. The molecule has 0 unspecified atom stereocenters. The zero-order valence-corrected chi connectivity index (χ0v) is 19.3. The second-order valence-corrected chi connectivity index (χ2v) is 9.26. The molecule has 9 heteroatoms. The van der Waals surface area contributed by atoms with Gasteiger partial charge in [-0.3, -0.25) is 9.48 Å². The molecule has 2 aromatic heterocycles. The van der Waals surface area contributed by atoms with Crippen LogP contribution in [0, 0.1) is 5.95 Å². The molecule has 0 saturated carbocycles. The molecule has 0 aliphatic carbocycles. The van der Waals surface area contributed by atoms with Crippen LogP contribution in [0.25, 0.3) is 22.0 Å². The molecule has 1 saturated heterocycles. The average Bonchev–Trinajstić information content (AvgIpc) is 3.09. The van der Waals surface area contributed by atoms with Gasteiger partial charge in [0, 0.05) is 43.3 Å². The fraction of sp³-hybridized carbons (Fsp3) is 0.417. The topological polar surface area (TPSA) is 89.4 Å². The van der Waals surface area contributed by atoms with Crippen LogP contribution < -0.4 is 5.32 Å². The van der Waals surface area contributed by atoms with Crippen LogP contribution in [0.1, 0.15) is 44.1 Å². The van der Waals surface area contributed by atoms with Crippen molar-refractivity contribution in [1.29, 1.82) is 0 Å². The zero-order chi connectivity index (χ0) is 23.8. The van der Waals surface area contributed by atoms with Crippen molar-refractivity contribution in [3.63, 3.8) is 0 Å². The van der Waals surface area contributed by atoms with Gasteiger partial charge in [-0.15, -0.1) is 0 Å². The summed E-state index contributed by atoms with van der Waals surface area (Å²) in [5.74, 6) is -0.858. The number of fused-ring (bicyclic) bond motifs is 1. The molecule has 8 nitrogen and oxygen atoms in total. The number of aryl methyl sites for hydroxylation is 1. The number of carbonyl (C=O) groups is 2. The summed E-state index contributed by atoms with van der Waals surface area (Å²) in [7, 11) is 1.77. The number of ether oxygens (including phenoxy) is 1. The molecule has 4 rings (SSSR count). The Morgan fingerprint density at radius 3 is 2.58 bits per heavy atom. The maximum atomic E-state index is 14.2. The fourth-order valence-corrected chi connectivity index (χ4v) is 3.99. The van der Waals surface area contributed by atoms with Gasteiger partial charge in [0.05, 0.1) is 5.52 Å². The van der Waals surface area contributed by atoms with E-state index in [1.165, 1.54) is 6.20 Å². The van der Waals surface area contributed by atoms with E-state index in [9.17, 15) is 14.0 Å². The van der Waals surface area contributed by atoms with Crippen LogP contribution in [0.5, 0.6) is 0 Å². The number of likely N-dealkylation sites (tertiary alicyclic amines) is 1. The van der Waals surface area contributed by atoms with Gasteiger partial charge in [0.2, 0.25) is 5.95 Å². The van der Waals surface area contributed by atoms with E-state index < -0.39 is 11.5 Å². The minimum absolute atomic E-state index is 0.0767. The number of amides is 2. The summed E-state index contributed by atoms with van der Waals surface area (Å²) in [5.41, 5.74) is 1.51. The van der Waals surface area contributed by atoms with E-state index in [4.69, 9.17) is 4.74 Å². The van der Waals surface area contributed by atoms with E-state index in [1.807, 2.05) is 26.8 Å². The molecule has 1 N–H and O–H groups in total. The summed E-state index contributed by atoms with van der Waals surface area (Å²) in [6, 6.07) is 8.62. The van der Waals surface area contributed by atoms with Crippen molar-refractivity contribution in [2.24, 2.45) is 7.05 Å². The quantitative estimate of drug-likeness (QED) is 0.608. The van der Waals surface area contributed by atoms with Crippen LogP contribution in [0.15, 0.2) is 36.5 Å². The highest BCUT2D eigenvalue weighted by molar-refractivity contribution is 6.06. The third kappa shape index (κ3) is 4.97. The number of hydrogen-bond acceptors (Lipinski definition) is 5. The van der Waals surface area contributed by atoms with Gasteiger partial charge in [-0.2, -0.15) is 9.49 Å². The average molecular weight is 454 g/mol. The maximum Gasteiger partial charge on any atom is 0.410 e. The van der Waals surface area contributed by atoms with Gasteiger partial charge in [-0.1, -0.05) is 6.07 Å². The predicted molar refractivity (Wildman–Crippen MR) is 122 cm³/mol. The number of benzene rings is 1. The molecular weight excluding hydrogens is 425 g/mol. The van der Waals surface area contributed by atoms with Crippen LogP contribution in [0.4, 0.5) is 9.18 Å². The Hall–Kier alpha value is -3.49. The first kappa shape index (κ1) is 22.7. The molecule has 0 radical (unpaired) electrons. The van der Waals surface area contributed by atoms with Crippen LogP contribution in [-0.2, 0) is 11.8 Å². The van der Waals surface area contributed by atoms with Gasteiger partial charge >= 0.3 is 6.09 Å². The summed E-state index contributed by atoms with van der Waals surface area (Å²) < 4.78 is 21.2. The number of nitrogens with zero attached hydrogens (tertiary/aromatic N) is 4. The maximum absolute atomic E-state index is 14.2. The van der Waals surface area contributed by atoms with E-state index in [2.05, 4.69) is 15.4 Å². The summed E-state index contributed by atoms with van der Waals surface area (Å²) in [4.78, 5) is 30.7. The zero-order valence-electron chi connectivity index (χ0n) is 19.3. The third-order valence-corrected chi connectivity index (χ3v) is 5.62. The molecule has 3 aromatic rings. The molecule has 0 spiro atoms. The molecule has 174 valence electrons. The van der Waals surface area contributed by atoms with Crippen molar-refractivity contribution in [2.75, 3.05) is 13.1 Å². The highest BCUT2D eigenvalue weighted by Crippen LogP contribution is 2.27. The summed E-state index contributed by atoms with van der Waals surface area (Å²) in [5, 5.41) is 8.09. The molecule has 1 aromatic carbocycles. The van der Waals surface area contributed by atoms with Crippen LogP contribution in [-0.4, -0.2) is 56.4 Å². The Morgan fingerprint density at radius 1 is 1.18 bits per heavy atom. The van der Waals surface area contributed by atoms with Crippen molar-refractivity contribution >= 4 is 22.9 Å². The minimum atomic E-state index is -0.566. The fourth-order valence-electron chi connectivity index (χ4n) is 3.99. The molecule has 2 amide bonds. The number of aromatic nitrogens is 3. The number of rotatable bonds is 3. The monoisotopic (exact) mass is 453 g/mol. The van der Waals surface area contributed by atoms with E-state index in [0.717, 1.165) is 5.52 Å². The lowest BCUT2D eigenvalue weighted by Gasteiger charge is -2.33. The number of nitrogens with one attached hydrogen (secondary N) is 1. The highest BCUT2D eigenvalue weighted by atomic mass is 19.1. The second kappa shape index (κ2) is 8.80. The largest absolute Gasteiger partial charge is 0.444 e. The van der Waals surface area contributed by atoms with Crippen molar-refractivity contribution in [2.45, 2.75) is 45.3 Å². The summed E-state index contributed by atoms with van der Waals surface area (Å²) >= 11 is 0. The van der Waals surface area contributed by atoms with Crippen molar-refractivity contribution in [1.82, 2.24) is 25.0 Å². The number of halogens is 1. The molecule has 1 aliphatic rings. The van der Waals surface area contributed by atoms with E-state index in [1.54, 1.807) is 40.9 Å². The normalized spacial score (nSPS) is 15.0. The Balaban J connectivity index is 1.48. The molecule has 3 heterocycles. The minimum Gasteiger partial charge on any atom is -0.444 e. The number of carbonyl (C=O) groups excluding carboxylic acids is 2. The predicted octanol–water partition coefficient (Wildman–Crippen LogP) is 3.90. The second-order valence-electron chi connectivity index (χ2n) is 9.26. The van der Waals surface area contributed by atoms with Crippen molar-refractivity contribution in [3.05, 3.63) is 48.2 Å². The van der Waals surface area contributed by atoms with Gasteiger partial charge in [0.15, 0.2) is 5.69 Å². The first-order chi connectivity index (χ1) is 15.6. The Bertz CT molecular complexity index is 1190. The first-order valence-electron chi connectivity index (χ1n) is 11.0. The van der Waals surface area contributed by atoms with E-state index >= 15 is 0 Å². The summed E-state index contributed by atoms with van der Waals surface area (Å²) in [6.07, 6.45) is 2.32. The van der Waals surface area contributed by atoms with Gasteiger partial charge in [-0.05, 0) is 63.4 Å². The van der Waals surface area contributed by atoms with Crippen LogP contribution in [0.3, 0.4) is 0 Å². The molecule has 33 heavy (non-hydrogen) atoms. The lowest BCUT2D eigenvalue weighted by Crippen LogP contribution is -2.47. The van der Waals surface area contributed by atoms with E-state index in [0.29, 0.717) is 42.4 Å². The SMILES string of the molecule is Cn1nc(C(=O)NC2CCN(C(=O)OC(C)(C)C)CC2)c2cc(-c3cccnc3F)ccc21. The number of hydrogen-bond donors (Lipinski definition) is 1. The first-order valence-corrected chi connectivity index (χ1v) is 11.0. The number of piperidine rings is 1. The van der Waals surface area contributed by atoms with Crippen molar-refractivity contribution in [3.8, 4) is 11.1 Å². The van der Waals surface area contributed by atoms with Crippen LogP contribution in [0.2, 0.25) is 0 Å². The molecule has 1 aliphatic heterocycles. The third-order valence-electron chi connectivity index (χ3n) is 5.62. The lowest BCUT2D eigenvalue weighted by atomic mass is 10.0. The standard InChI is InChI=1S/C24H28FN5O3/c1-24(2,3)33-23(32)30-12-9-16(10-13-30)27-22(31)20-18-14-15(7-8-19(18)29(4)28-20)17-6-5-11-26-21(17)25/h5-8,11,14,16H,9-10,12-13H2,1-4H3,(H,27,31). The Kier molecular flexibility index (Phi) is 6.05. The number of pyridine rings is 1. The van der Waals surface area contributed by atoms with Crippen molar-refractivity contribution < 1.29 is 18.7 Å². The summed E-state index contributed by atoms with van der Waals surface area (Å²) in [6.45, 7) is 6.52. The molecular formula is C24H28FN5O3. The Morgan fingerprint density at radius 2 is 1.91 bits per heavy atom. The molecule has 1 fully saturated rings.